The first-order valence-corrected chi connectivity index (χ1v) is 9.10. The summed E-state index contributed by atoms with van der Waals surface area (Å²) in [6, 6.07) is 0.609. The van der Waals surface area contributed by atoms with Crippen molar-refractivity contribution in [2.45, 2.75) is 25.6 Å². The molecule has 6 nitrogen and oxygen atoms in total. The van der Waals surface area contributed by atoms with Crippen LogP contribution in [0.3, 0.4) is 0 Å². The van der Waals surface area contributed by atoms with Crippen LogP contribution in [0.15, 0.2) is 12.3 Å². The van der Waals surface area contributed by atoms with Crippen molar-refractivity contribution in [3.05, 3.63) is 22.8 Å². The molecule has 152 valence electrons. The Bertz CT molecular complexity index is 637. The van der Waals surface area contributed by atoms with Gasteiger partial charge in [-0.3, -0.25) is 9.69 Å². The summed E-state index contributed by atoms with van der Waals surface area (Å²) in [6.45, 7) is 5.22. The van der Waals surface area contributed by atoms with E-state index in [2.05, 4.69) is 10.3 Å². The van der Waals surface area contributed by atoms with Crippen LogP contribution < -0.4 is 10.2 Å². The Kier molecular flexibility index (Phi) is 7.69. The van der Waals surface area contributed by atoms with Crippen LogP contribution in [0, 0.1) is 0 Å². The first-order valence-electron chi connectivity index (χ1n) is 8.72. The number of anilines is 1. The van der Waals surface area contributed by atoms with Gasteiger partial charge in [-0.15, -0.1) is 0 Å². The molecule has 1 amide bonds. The van der Waals surface area contributed by atoms with Crippen molar-refractivity contribution in [3.63, 3.8) is 0 Å². The van der Waals surface area contributed by atoms with E-state index in [1.165, 1.54) is 0 Å². The van der Waals surface area contributed by atoms with Crippen LogP contribution in [0.4, 0.5) is 19.0 Å². The predicted molar refractivity (Wildman–Crippen MR) is 97.0 cm³/mol. The van der Waals surface area contributed by atoms with E-state index in [-0.39, 0.29) is 17.0 Å². The molecule has 1 saturated heterocycles. The number of hydrogen-bond acceptors (Lipinski definition) is 5. The van der Waals surface area contributed by atoms with Gasteiger partial charge in [-0.1, -0.05) is 11.6 Å². The van der Waals surface area contributed by atoms with Crippen molar-refractivity contribution >= 4 is 23.3 Å². The minimum absolute atomic E-state index is 0.0257. The van der Waals surface area contributed by atoms with Crippen molar-refractivity contribution < 1.29 is 22.7 Å². The fraction of sp³-hybridized carbons (Fsp3) is 0.647. The zero-order valence-electron chi connectivity index (χ0n) is 15.4. The first-order chi connectivity index (χ1) is 12.7. The molecule has 1 aromatic rings. The molecule has 1 aliphatic rings. The van der Waals surface area contributed by atoms with E-state index in [1.54, 1.807) is 7.11 Å². The van der Waals surface area contributed by atoms with Crippen molar-refractivity contribution in [3.8, 4) is 0 Å². The Balaban J connectivity index is 1.88. The lowest BCUT2D eigenvalue weighted by Crippen LogP contribution is -2.54. The fourth-order valence-electron chi connectivity index (χ4n) is 2.88. The lowest BCUT2D eigenvalue weighted by Gasteiger charge is -2.38. The number of pyridine rings is 1. The minimum atomic E-state index is -4.47. The quantitative estimate of drug-likeness (QED) is 0.702. The Morgan fingerprint density at radius 1 is 1.37 bits per heavy atom. The maximum Gasteiger partial charge on any atom is 0.417 e. The van der Waals surface area contributed by atoms with Gasteiger partial charge in [0.05, 0.1) is 16.6 Å². The van der Waals surface area contributed by atoms with Gasteiger partial charge in [-0.25, -0.2) is 4.98 Å². The second kappa shape index (κ2) is 9.57. The molecule has 27 heavy (non-hydrogen) atoms. The first kappa shape index (κ1) is 21.7. The molecule has 1 aromatic heterocycles. The number of methoxy groups -OCH3 is 1. The highest BCUT2D eigenvalue weighted by molar-refractivity contribution is 6.33. The monoisotopic (exact) mass is 408 g/mol. The van der Waals surface area contributed by atoms with Gasteiger partial charge in [0.2, 0.25) is 5.91 Å². The number of carbonyl (C=O) groups is 1. The number of aromatic nitrogens is 1. The van der Waals surface area contributed by atoms with Crippen LogP contribution in [0.2, 0.25) is 5.02 Å². The van der Waals surface area contributed by atoms with Crippen molar-refractivity contribution in [1.29, 1.82) is 0 Å². The van der Waals surface area contributed by atoms with Gasteiger partial charge >= 0.3 is 6.18 Å². The smallest absolute Gasteiger partial charge is 0.385 e. The lowest BCUT2D eigenvalue weighted by molar-refractivity contribution is -0.137. The SMILES string of the molecule is COCCCNC(=O)C(C)N1CCN(c2ncc(C(F)(F)F)cc2Cl)CC1. The van der Waals surface area contributed by atoms with Crippen molar-refractivity contribution in [1.82, 2.24) is 15.2 Å². The number of carbonyl (C=O) groups excluding carboxylic acids is 1. The largest absolute Gasteiger partial charge is 0.417 e. The van der Waals surface area contributed by atoms with E-state index < -0.39 is 11.7 Å². The Labute approximate surface area is 161 Å². The maximum absolute atomic E-state index is 12.7. The summed E-state index contributed by atoms with van der Waals surface area (Å²) in [6.07, 6.45) is -2.93. The van der Waals surface area contributed by atoms with Crippen LogP contribution >= 0.6 is 11.6 Å². The van der Waals surface area contributed by atoms with E-state index in [0.717, 1.165) is 18.7 Å². The number of rotatable bonds is 7. The molecular weight excluding hydrogens is 385 g/mol. The van der Waals surface area contributed by atoms with E-state index in [4.69, 9.17) is 16.3 Å². The standard InChI is InChI=1S/C17H24ClF3N4O2/c1-12(16(26)22-4-3-9-27-2)24-5-7-25(8-6-24)15-14(18)10-13(11-23-15)17(19,20)21/h10-12H,3-9H2,1-2H3,(H,22,26). The molecule has 0 aromatic carbocycles. The van der Waals surface area contributed by atoms with Gasteiger partial charge in [-0.2, -0.15) is 13.2 Å². The molecule has 0 radical (unpaired) electrons. The third-order valence-corrected chi connectivity index (χ3v) is 4.79. The summed E-state index contributed by atoms with van der Waals surface area (Å²) in [4.78, 5) is 20.0. The lowest BCUT2D eigenvalue weighted by atomic mass is 10.2. The number of hydrogen-bond donors (Lipinski definition) is 1. The molecule has 0 saturated carbocycles. The molecule has 1 atom stereocenters. The highest BCUT2D eigenvalue weighted by Crippen LogP contribution is 2.33. The molecule has 10 heteroatoms. The minimum Gasteiger partial charge on any atom is -0.385 e. The number of ether oxygens (including phenoxy) is 1. The summed E-state index contributed by atoms with van der Waals surface area (Å²) < 4.78 is 43.1. The summed E-state index contributed by atoms with van der Waals surface area (Å²) >= 11 is 6.01. The third-order valence-electron chi connectivity index (χ3n) is 4.51. The number of nitrogens with zero attached hydrogens (tertiary/aromatic N) is 3. The van der Waals surface area contributed by atoms with E-state index in [9.17, 15) is 18.0 Å². The second-order valence-corrected chi connectivity index (χ2v) is 6.77. The molecule has 2 rings (SSSR count). The van der Waals surface area contributed by atoms with Gasteiger partial charge in [0.1, 0.15) is 5.82 Å². The molecule has 2 heterocycles. The average Bonchev–Trinajstić information content (AvgIpc) is 2.64. The van der Waals surface area contributed by atoms with E-state index in [0.29, 0.717) is 45.1 Å². The number of piperazine rings is 1. The zero-order valence-corrected chi connectivity index (χ0v) is 16.1. The van der Waals surface area contributed by atoms with Crippen LogP contribution in [0.1, 0.15) is 18.9 Å². The summed E-state index contributed by atoms with van der Waals surface area (Å²) in [5.41, 5.74) is -0.867. The van der Waals surface area contributed by atoms with Gasteiger partial charge in [-0.05, 0) is 19.4 Å². The number of halogens is 4. The molecule has 1 aliphatic heterocycles. The number of amides is 1. The third kappa shape index (κ3) is 5.95. The Morgan fingerprint density at radius 3 is 2.59 bits per heavy atom. The zero-order chi connectivity index (χ0) is 20.0. The summed E-state index contributed by atoms with van der Waals surface area (Å²) in [5, 5.41) is 2.85. The van der Waals surface area contributed by atoms with Gasteiger partial charge in [0.15, 0.2) is 0 Å². The number of nitrogens with one attached hydrogen (secondary N) is 1. The van der Waals surface area contributed by atoms with Crippen molar-refractivity contribution in [2.75, 3.05) is 51.3 Å². The van der Waals surface area contributed by atoms with Crippen LogP contribution in [0.25, 0.3) is 0 Å². The van der Waals surface area contributed by atoms with Gasteiger partial charge < -0.3 is 15.0 Å². The van der Waals surface area contributed by atoms with Crippen LogP contribution in [-0.2, 0) is 15.7 Å². The van der Waals surface area contributed by atoms with Gasteiger partial charge in [0.25, 0.3) is 0 Å². The topological polar surface area (TPSA) is 57.7 Å². The highest BCUT2D eigenvalue weighted by Gasteiger charge is 2.32. The van der Waals surface area contributed by atoms with E-state index in [1.807, 2.05) is 16.7 Å². The van der Waals surface area contributed by atoms with Gasteiger partial charge in [0, 0.05) is 52.6 Å². The molecular formula is C17H24ClF3N4O2. The molecule has 1 N–H and O–H groups in total. The molecule has 0 aliphatic carbocycles. The Morgan fingerprint density at radius 2 is 2.04 bits per heavy atom. The predicted octanol–water partition coefficient (Wildman–Crippen LogP) is 2.42. The molecule has 1 fully saturated rings. The fourth-order valence-corrected chi connectivity index (χ4v) is 3.17. The van der Waals surface area contributed by atoms with Crippen LogP contribution in [-0.4, -0.2) is 68.3 Å². The average molecular weight is 409 g/mol. The highest BCUT2D eigenvalue weighted by atomic mass is 35.5. The maximum atomic E-state index is 12.7. The molecule has 0 spiro atoms. The number of alkyl halides is 3. The van der Waals surface area contributed by atoms with E-state index >= 15 is 0 Å². The van der Waals surface area contributed by atoms with Crippen LogP contribution in [0.5, 0.6) is 0 Å². The van der Waals surface area contributed by atoms with Crippen molar-refractivity contribution in [2.24, 2.45) is 0 Å². The molecule has 0 bridgehead atoms. The summed E-state index contributed by atoms with van der Waals surface area (Å²) in [7, 11) is 1.61. The normalized spacial score (nSPS) is 17.0. The molecule has 1 unspecified atom stereocenters. The Hall–Kier alpha value is -1.58. The second-order valence-electron chi connectivity index (χ2n) is 6.36. The summed E-state index contributed by atoms with van der Waals surface area (Å²) in [5.74, 6) is 0.284.